The maximum Gasteiger partial charge on any atom is 0.237 e. The molecule has 1 amide bonds. The van der Waals surface area contributed by atoms with E-state index in [0.717, 1.165) is 71.5 Å². The van der Waals surface area contributed by atoms with Crippen molar-refractivity contribution >= 4 is 5.91 Å². The summed E-state index contributed by atoms with van der Waals surface area (Å²) < 4.78 is 0. The van der Waals surface area contributed by atoms with E-state index in [9.17, 15) is 4.79 Å². The van der Waals surface area contributed by atoms with Crippen molar-refractivity contribution in [3.8, 4) is 0 Å². The van der Waals surface area contributed by atoms with Crippen molar-refractivity contribution in [1.29, 1.82) is 0 Å². The monoisotopic (exact) mass is 299 g/mol. The fourth-order valence-electron chi connectivity index (χ4n) is 2.43. The van der Waals surface area contributed by atoms with Gasteiger partial charge in [0.2, 0.25) is 5.91 Å². The van der Waals surface area contributed by atoms with E-state index >= 15 is 0 Å². The number of unbranched alkanes of at least 4 members (excludes halogenated alkanes) is 1. The van der Waals surface area contributed by atoms with Gasteiger partial charge < -0.3 is 27.0 Å². The molecule has 6 nitrogen and oxygen atoms in total. The minimum absolute atomic E-state index is 0.0460. The maximum atomic E-state index is 11.7. The Bertz CT molecular complexity index is 256. The summed E-state index contributed by atoms with van der Waals surface area (Å²) in [5, 5.41) is 13.0. The second kappa shape index (κ2) is 13.0. The molecular weight excluding hydrogens is 266 g/mol. The molecule has 6 heteroatoms. The van der Waals surface area contributed by atoms with Crippen molar-refractivity contribution in [1.82, 2.24) is 21.3 Å². The van der Waals surface area contributed by atoms with Gasteiger partial charge in [-0.3, -0.25) is 4.79 Å². The van der Waals surface area contributed by atoms with Crippen LogP contribution in [0.1, 0.15) is 38.5 Å². The lowest BCUT2D eigenvalue weighted by Gasteiger charge is -2.11. The number of amides is 1. The van der Waals surface area contributed by atoms with E-state index in [4.69, 9.17) is 5.73 Å². The first-order valence-corrected chi connectivity index (χ1v) is 8.47. The van der Waals surface area contributed by atoms with Crippen molar-refractivity contribution in [3.05, 3.63) is 0 Å². The van der Waals surface area contributed by atoms with Gasteiger partial charge in [-0.05, 0) is 77.8 Å². The molecule has 21 heavy (non-hydrogen) atoms. The molecule has 1 fully saturated rings. The van der Waals surface area contributed by atoms with Crippen molar-refractivity contribution in [2.24, 2.45) is 5.73 Å². The molecule has 1 aliphatic heterocycles. The van der Waals surface area contributed by atoms with Crippen molar-refractivity contribution in [3.63, 3.8) is 0 Å². The first-order valence-electron chi connectivity index (χ1n) is 8.47. The van der Waals surface area contributed by atoms with Gasteiger partial charge in [-0.15, -0.1) is 0 Å². The van der Waals surface area contributed by atoms with Crippen LogP contribution in [-0.2, 0) is 4.79 Å². The Labute approximate surface area is 129 Å². The minimum Gasteiger partial charge on any atom is -0.355 e. The molecule has 0 aromatic rings. The first-order chi connectivity index (χ1) is 10.3. The molecule has 0 aromatic carbocycles. The number of carbonyl (C=O) groups is 1. The Morgan fingerprint density at radius 2 is 1.67 bits per heavy atom. The Morgan fingerprint density at radius 1 is 1.00 bits per heavy atom. The molecule has 1 saturated heterocycles. The number of hydrogen-bond donors (Lipinski definition) is 5. The van der Waals surface area contributed by atoms with Crippen molar-refractivity contribution in [2.45, 2.75) is 44.6 Å². The van der Waals surface area contributed by atoms with Gasteiger partial charge in [0.05, 0.1) is 6.04 Å². The highest BCUT2D eigenvalue weighted by molar-refractivity contribution is 5.81. The average Bonchev–Trinajstić information content (AvgIpc) is 3.02. The summed E-state index contributed by atoms with van der Waals surface area (Å²) in [5.41, 5.74) is 5.42. The molecule has 0 radical (unpaired) electrons. The molecule has 0 aliphatic carbocycles. The van der Waals surface area contributed by atoms with Crippen LogP contribution in [0.2, 0.25) is 0 Å². The molecule has 6 N–H and O–H groups in total. The van der Waals surface area contributed by atoms with Crippen LogP contribution >= 0.6 is 0 Å². The third-order valence-electron chi connectivity index (χ3n) is 3.72. The van der Waals surface area contributed by atoms with Crippen LogP contribution in [0.25, 0.3) is 0 Å². The smallest absolute Gasteiger partial charge is 0.237 e. The summed E-state index contributed by atoms with van der Waals surface area (Å²) >= 11 is 0. The largest absolute Gasteiger partial charge is 0.355 e. The maximum absolute atomic E-state index is 11.7. The lowest BCUT2D eigenvalue weighted by Crippen LogP contribution is -2.41. The topological polar surface area (TPSA) is 91.2 Å². The van der Waals surface area contributed by atoms with Crippen LogP contribution in [0.3, 0.4) is 0 Å². The first kappa shape index (κ1) is 18.4. The fraction of sp³-hybridized carbons (Fsp3) is 0.933. The Kier molecular flexibility index (Phi) is 11.4. The highest BCUT2D eigenvalue weighted by atomic mass is 16.2. The molecule has 1 atom stereocenters. The molecule has 0 aromatic heterocycles. The van der Waals surface area contributed by atoms with Crippen LogP contribution in [0, 0.1) is 0 Å². The summed E-state index contributed by atoms with van der Waals surface area (Å²) in [5.74, 6) is 0.163. The highest BCUT2D eigenvalue weighted by Crippen LogP contribution is 2.04. The third kappa shape index (κ3) is 9.79. The van der Waals surface area contributed by atoms with E-state index in [0.29, 0.717) is 0 Å². The summed E-state index contributed by atoms with van der Waals surface area (Å²) in [6, 6.07) is 0.0460. The lowest BCUT2D eigenvalue weighted by atomic mass is 10.2. The number of rotatable bonds is 13. The zero-order valence-electron chi connectivity index (χ0n) is 13.3. The number of nitrogens with two attached hydrogens (primary N) is 1. The zero-order valence-corrected chi connectivity index (χ0v) is 13.3. The molecule has 124 valence electrons. The van der Waals surface area contributed by atoms with Gasteiger partial charge in [-0.25, -0.2) is 0 Å². The fourth-order valence-corrected chi connectivity index (χ4v) is 2.43. The second-order valence-electron chi connectivity index (χ2n) is 5.64. The van der Waals surface area contributed by atoms with Gasteiger partial charge in [-0.1, -0.05) is 0 Å². The van der Waals surface area contributed by atoms with Gasteiger partial charge in [0.15, 0.2) is 0 Å². The van der Waals surface area contributed by atoms with Crippen LogP contribution in [0.5, 0.6) is 0 Å². The van der Waals surface area contributed by atoms with E-state index in [-0.39, 0.29) is 11.9 Å². The van der Waals surface area contributed by atoms with E-state index in [2.05, 4.69) is 21.3 Å². The van der Waals surface area contributed by atoms with Gasteiger partial charge >= 0.3 is 0 Å². The standard InChI is InChI=1S/C15H33N5O/c16-7-4-10-17-8-1-2-9-18-11-5-13-20-15(21)14-6-3-12-19-14/h14,17-19H,1-13,16H2,(H,20,21)/t14-/m1/s1. The Morgan fingerprint density at radius 3 is 2.29 bits per heavy atom. The molecule has 1 heterocycles. The van der Waals surface area contributed by atoms with Crippen LogP contribution in [0.15, 0.2) is 0 Å². The van der Waals surface area contributed by atoms with Crippen LogP contribution in [-0.4, -0.2) is 57.8 Å². The van der Waals surface area contributed by atoms with Crippen LogP contribution < -0.4 is 27.0 Å². The van der Waals surface area contributed by atoms with Gasteiger partial charge in [0.25, 0.3) is 0 Å². The van der Waals surface area contributed by atoms with Crippen LogP contribution in [0.4, 0.5) is 0 Å². The zero-order chi connectivity index (χ0) is 15.2. The van der Waals surface area contributed by atoms with Gasteiger partial charge in [0, 0.05) is 6.54 Å². The molecule has 0 bridgehead atoms. The third-order valence-corrected chi connectivity index (χ3v) is 3.72. The summed E-state index contributed by atoms with van der Waals surface area (Å²) in [4.78, 5) is 11.7. The quantitative estimate of drug-likeness (QED) is 0.297. The highest BCUT2D eigenvalue weighted by Gasteiger charge is 2.20. The van der Waals surface area contributed by atoms with Crippen molar-refractivity contribution in [2.75, 3.05) is 45.8 Å². The van der Waals surface area contributed by atoms with Crippen molar-refractivity contribution < 1.29 is 4.79 Å². The normalized spacial score (nSPS) is 18.0. The summed E-state index contributed by atoms with van der Waals surface area (Å²) in [6.07, 6.45) is 6.52. The number of carbonyl (C=O) groups excluding carboxylic acids is 1. The average molecular weight is 299 g/mol. The Hall–Kier alpha value is -0.690. The molecule has 1 aliphatic rings. The second-order valence-corrected chi connectivity index (χ2v) is 5.64. The molecule has 0 unspecified atom stereocenters. The molecule has 1 rings (SSSR count). The summed E-state index contributed by atoms with van der Waals surface area (Å²) in [7, 11) is 0. The molecule has 0 spiro atoms. The SMILES string of the molecule is NCCCNCCCCNCCCNC(=O)[C@H]1CCCN1. The molecule has 0 saturated carbocycles. The summed E-state index contributed by atoms with van der Waals surface area (Å²) in [6.45, 7) is 6.63. The minimum atomic E-state index is 0.0460. The number of hydrogen-bond acceptors (Lipinski definition) is 5. The predicted molar refractivity (Wildman–Crippen MR) is 87.3 cm³/mol. The number of nitrogens with one attached hydrogen (secondary N) is 4. The van der Waals surface area contributed by atoms with E-state index in [1.807, 2.05) is 0 Å². The van der Waals surface area contributed by atoms with Gasteiger partial charge in [0.1, 0.15) is 0 Å². The van der Waals surface area contributed by atoms with E-state index in [1.165, 1.54) is 12.8 Å². The van der Waals surface area contributed by atoms with Gasteiger partial charge in [-0.2, -0.15) is 0 Å². The lowest BCUT2D eigenvalue weighted by molar-refractivity contribution is -0.122. The van der Waals surface area contributed by atoms with E-state index < -0.39 is 0 Å². The molecular formula is C15H33N5O. The Balaban J connectivity index is 1.75. The predicted octanol–water partition coefficient (Wildman–Crippen LogP) is -0.447. The van der Waals surface area contributed by atoms with E-state index in [1.54, 1.807) is 0 Å².